The van der Waals surface area contributed by atoms with Gasteiger partial charge in [0.15, 0.2) is 0 Å². The van der Waals surface area contributed by atoms with Crippen LogP contribution in [0, 0.1) is 62.3 Å². The van der Waals surface area contributed by atoms with Crippen molar-refractivity contribution in [1.82, 2.24) is 9.13 Å². The van der Waals surface area contributed by atoms with Gasteiger partial charge in [0.2, 0.25) is 0 Å². The van der Waals surface area contributed by atoms with E-state index in [0.717, 1.165) is 0 Å². The molecule has 8 aliphatic rings. The summed E-state index contributed by atoms with van der Waals surface area (Å²) in [4.78, 5) is 25.7. The summed E-state index contributed by atoms with van der Waals surface area (Å²) in [5.74, 6) is 6.53. The fourth-order valence-corrected chi connectivity index (χ4v) is 25.2. The van der Waals surface area contributed by atoms with E-state index < -0.39 is 0 Å². The van der Waals surface area contributed by atoms with Crippen molar-refractivity contribution in [3.63, 3.8) is 0 Å². The quantitative estimate of drug-likeness (QED) is 0.0978. The van der Waals surface area contributed by atoms with Gasteiger partial charge in [-0.2, -0.15) is 0 Å². The van der Waals surface area contributed by atoms with Crippen LogP contribution in [0.15, 0.2) is 250 Å². The SMILES string of the molecule is CC1=CN(c2c(C(C)(C)C)cc(C(C)(C)C)cc2C(C)(C)C)B2N1c1cccc(C)c1-c1n(C)cc[n+]12.Cc1ccc(C)c2c1-c1n(C)cc[n+]1B1N(c3c(C(C)(C)C)cc(C(C)(C)C)cc3C(C)(C)C)C=CN12.Cc1cccc(C)c1N1B2N(c3c(C)cccc3C)c3ccc[n+](C)c3N2c2c(C)cccc21.Cc1cccc2c1N1B(N2c2c(C(C)C)cccc2C(C)C)N(c2c(C(C)C)cccc2C(C)C)c2ccc[n+](C)c21. The maximum Gasteiger partial charge on any atom is 0.644 e. The molecule has 0 bridgehead atoms. The number of hydrogen-bond acceptors (Lipinski definition) is 10. The Balaban J connectivity index is 0.000000126. The lowest BCUT2D eigenvalue weighted by atomic mass is 9.71. The van der Waals surface area contributed by atoms with Crippen LogP contribution in [0.25, 0.3) is 22.8 Å². The molecule has 10 aromatic carbocycles. The monoisotopic (exact) mass is 1990 g/mol. The molecule has 150 heavy (non-hydrogen) atoms. The number of rotatable bonds is 10. The largest absolute Gasteiger partial charge is 0.644 e. The Morgan fingerprint density at radius 3 is 0.933 bits per heavy atom. The van der Waals surface area contributed by atoms with Crippen molar-refractivity contribution in [3.8, 4) is 22.8 Å². The Hall–Kier alpha value is -13.3. The second-order valence-corrected chi connectivity index (χ2v) is 51.5. The van der Waals surface area contributed by atoms with E-state index in [2.05, 4.69) is 597 Å². The zero-order chi connectivity index (χ0) is 108. The predicted octanol–water partition coefficient (Wildman–Crippen LogP) is 30.6. The van der Waals surface area contributed by atoms with E-state index in [-0.39, 0.29) is 61.0 Å². The first-order valence-electron chi connectivity index (χ1n) is 55.0. The van der Waals surface area contributed by atoms with E-state index in [0.29, 0.717) is 23.7 Å². The molecule has 0 amide bonds. The van der Waals surface area contributed by atoms with E-state index >= 15 is 0 Å². The minimum Gasteiger partial charge on any atom is -0.327 e. The van der Waals surface area contributed by atoms with Crippen molar-refractivity contribution >= 4 is 120 Å². The first-order chi connectivity index (χ1) is 70.5. The number of aromatic nitrogens is 6. The highest BCUT2D eigenvalue weighted by atomic mass is 15.5. The molecule has 0 spiro atoms. The van der Waals surface area contributed by atoms with Crippen molar-refractivity contribution in [2.75, 3.05) is 48.1 Å². The maximum atomic E-state index is 2.67. The standard InChI is InChI=1S/C37H46BN4.2C32H44BN4.C29H30BN4/c1-23(2)28-16-12-17-29(24(3)4)35(28)40-32-20-11-15-27(9)34(32)42-37-33(21-14-22-39(37)10)41(38(40)42)36-30(25(5)6)18-13-19-31(36)26(7)8;1-21-13-14-22(2)27-26(21)29-34(12)15-16-37(29)33-35(27)17-18-36(33)28-24(31(6,7)8)19-23(30(3,4)5)20-25(28)32(9,10)11;1-21-14-13-15-26-27(21)29-34(12)16-17-35(29)33-36(20-22(2)37(26)33)28-24(31(6,7)8)18-23(30(3,4)5)19-25(28)32(9,10)11;1-19-11-7-12-20(2)26(19)32-24-16-9-15-23(5)28(24)34-29-25(17-10-18-31(29)6)33(30(32)34)27-21(3)13-8-14-22(27)4/h11-26H,1-10H3;2*13-20H,1-12H3;7-18H,1-6H3/q4*+1. The fourth-order valence-electron chi connectivity index (χ4n) is 25.2. The van der Waals surface area contributed by atoms with Crippen LogP contribution in [0.2, 0.25) is 0 Å². The van der Waals surface area contributed by atoms with Crippen LogP contribution >= 0.6 is 0 Å². The van der Waals surface area contributed by atoms with Gasteiger partial charge in [0.25, 0.3) is 23.3 Å². The number of imidazole rings is 2. The van der Waals surface area contributed by atoms with Gasteiger partial charge in [-0.25, -0.2) is 27.9 Å². The molecule has 0 atom stereocenters. The number of allylic oxidation sites excluding steroid dienone is 1. The molecule has 0 N–H and O–H groups in total. The number of hydrogen-bond donors (Lipinski definition) is 0. The molecule has 12 heterocycles. The van der Waals surface area contributed by atoms with Gasteiger partial charge in [-0.15, -0.1) is 0 Å². The summed E-state index contributed by atoms with van der Waals surface area (Å²) in [5.41, 5.74) is 47.8. The third-order valence-corrected chi connectivity index (χ3v) is 32.7. The number of benzene rings is 10. The van der Waals surface area contributed by atoms with Gasteiger partial charge < -0.3 is 38.5 Å². The van der Waals surface area contributed by atoms with E-state index in [9.17, 15) is 0 Å². The topological polar surface area (TPSA) is 57.8 Å². The lowest BCUT2D eigenvalue weighted by Crippen LogP contribution is -2.69. The van der Waals surface area contributed by atoms with Gasteiger partial charge >= 0.3 is 28.5 Å². The number of para-hydroxylation sites is 6. The lowest BCUT2D eigenvalue weighted by molar-refractivity contribution is -0.657. The molecular formula is C130H164B4N16+4. The Kier molecular flexibility index (Phi) is 26.6. The summed E-state index contributed by atoms with van der Waals surface area (Å²) >= 11 is 0. The minimum absolute atomic E-state index is 0.00638. The molecule has 0 aliphatic carbocycles. The van der Waals surface area contributed by atoms with Crippen molar-refractivity contribution < 1.29 is 18.1 Å². The zero-order valence-electron chi connectivity index (χ0n) is 97.9. The third kappa shape index (κ3) is 17.3. The number of anilines is 16. The molecule has 20 heteroatoms. The molecule has 14 aromatic rings. The second-order valence-electron chi connectivity index (χ2n) is 51.5. The fraction of sp³-hybridized carbons (Fsp3) is 0.385. The van der Waals surface area contributed by atoms with E-state index in [1.807, 2.05) is 0 Å². The molecule has 8 aliphatic heterocycles. The van der Waals surface area contributed by atoms with Gasteiger partial charge in [-0.1, -0.05) is 326 Å². The van der Waals surface area contributed by atoms with Crippen LogP contribution < -0.4 is 66.2 Å². The molecule has 0 radical (unpaired) electrons. The molecule has 0 saturated heterocycles. The summed E-state index contributed by atoms with van der Waals surface area (Å²) < 4.78 is 14.0. The van der Waals surface area contributed by atoms with Crippen LogP contribution in [-0.4, -0.2) is 37.6 Å². The molecule has 0 fully saturated rings. The Morgan fingerprint density at radius 1 is 0.260 bits per heavy atom. The highest BCUT2D eigenvalue weighted by Crippen LogP contribution is 2.62. The maximum absolute atomic E-state index is 2.67. The Morgan fingerprint density at radius 2 is 0.553 bits per heavy atom. The van der Waals surface area contributed by atoms with Crippen LogP contribution in [0.4, 0.5) is 91.3 Å². The van der Waals surface area contributed by atoms with Gasteiger partial charge in [0, 0.05) is 64.1 Å². The first-order valence-corrected chi connectivity index (χ1v) is 55.0. The van der Waals surface area contributed by atoms with E-state index in [1.54, 1.807) is 0 Å². The molecular weight excluding hydrogens is 1830 g/mol. The van der Waals surface area contributed by atoms with Crippen LogP contribution in [0.5, 0.6) is 0 Å². The van der Waals surface area contributed by atoms with E-state index in [4.69, 9.17) is 0 Å². The number of pyridine rings is 2. The summed E-state index contributed by atoms with van der Waals surface area (Å²) in [6.45, 7) is 83.3. The van der Waals surface area contributed by atoms with Crippen LogP contribution in [0.3, 0.4) is 0 Å². The highest BCUT2D eigenvalue weighted by Gasteiger charge is 2.66. The Bertz CT molecular complexity index is 7380. The normalized spacial score (nSPS) is 14.7. The van der Waals surface area contributed by atoms with Gasteiger partial charge in [0.1, 0.15) is 47.5 Å². The smallest absolute Gasteiger partial charge is 0.327 e. The van der Waals surface area contributed by atoms with Crippen LogP contribution in [0.1, 0.15) is 316 Å². The molecule has 4 aromatic heterocycles. The van der Waals surface area contributed by atoms with Gasteiger partial charge in [0.05, 0.1) is 68.8 Å². The van der Waals surface area contributed by atoms with E-state index in [1.165, 1.54) is 225 Å². The summed E-state index contributed by atoms with van der Waals surface area (Å²) in [6.07, 6.45) is 20.2. The van der Waals surface area contributed by atoms with Crippen molar-refractivity contribution in [2.24, 2.45) is 28.2 Å². The van der Waals surface area contributed by atoms with Crippen molar-refractivity contribution in [3.05, 3.63) is 355 Å². The Labute approximate surface area is 900 Å². The average Bonchev–Trinajstić information content (AvgIpc) is 1.52. The minimum atomic E-state index is -0.0699. The molecule has 0 unspecified atom stereocenters. The van der Waals surface area contributed by atoms with Crippen molar-refractivity contribution in [2.45, 2.75) is 305 Å². The van der Waals surface area contributed by atoms with Crippen molar-refractivity contribution in [1.29, 1.82) is 0 Å². The summed E-state index contributed by atoms with van der Waals surface area (Å²) in [5, 5.41) is 0. The molecule has 772 valence electrons. The van der Waals surface area contributed by atoms with Gasteiger partial charge in [-0.05, 0) is 274 Å². The number of fused-ring (bicyclic) bond motifs is 22. The molecule has 22 rings (SSSR count). The summed E-state index contributed by atoms with van der Waals surface area (Å²) in [7, 11) is 8.59. The lowest BCUT2D eigenvalue weighted by Gasteiger charge is -2.38. The highest BCUT2D eigenvalue weighted by molar-refractivity contribution is 6.81. The number of nitrogens with zero attached hydrogens (tertiary/aromatic N) is 16. The number of aryl methyl sites for hydroxylation is 13. The molecule has 0 saturated carbocycles. The van der Waals surface area contributed by atoms with Crippen LogP contribution in [-0.2, 0) is 60.7 Å². The molecule has 16 nitrogen and oxygen atoms in total. The second kappa shape index (κ2) is 37.9. The third-order valence-electron chi connectivity index (χ3n) is 32.7. The first kappa shape index (κ1) is 105. The predicted molar refractivity (Wildman–Crippen MR) is 640 cm³/mol. The van der Waals surface area contributed by atoms with Gasteiger partial charge in [-0.3, -0.25) is 8.96 Å². The summed E-state index contributed by atoms with van der Waals surface area (Å²) in [6, 6.07) is 70.7. The average molecular weight is 1990 g/mol. The zero-order valence-corrected chi connectivity index (χ0v) is 97.9.